The van der Waals surface area contributed by atoms with E-state index in [-0.39, 0.29) is 6.10 Å². The number of benzene rings is 1. The minimum Gasteiger partial charge on any atom is -0.459 e. The first kappa shape index (κ1) is 11.4. The zero-order valence-electron chi connectivity index (χ0n) is 9.59. The lowest BCUT2D eigenvalue weighted by atomic mass is 10.0. The first-order valence-electron chi connectivity index (χ1n) is 5.43. The third-order valence-electron chi connectivity index (χ3n) is 2.64. The Bertz CT molecular complexity index is 463. The van der Waals surface area contributed by atoms with Gasteiger partial charge in [-0.3, -0.25) is 9.89 Å². The van der Waals surface area contributed by atoms with Gasteiger partial charge in [0.25, 0.3) is 6.47 Å². The van der Waals surface area contributed by atoms with Crippen LogP contribution in [0.3, 0.4) is 0 Å². The van der Waals surface area contributed by atoms with Gasteiger partial charge in [0.2, 0.25) is 0 Å². The van der Waals surface area contributed by atoms with Crippen LogP contribution in [-0.2, 0) is 16.0 Å². The highest BCUT2D eigenvalue weighted by atomic mass is 16.5. The molecule has 0 bridgehead atoms. The highest BCUT2D eigenvalue weighted by Crippen LogP contribution is 2.21. The number of rotatable bonds is 5. The van der Waals surface area contributed by atoms with Gasteiger partial charge in [-0.25, -0.2) is 0 Å². The van der Waals surface area contributed by atoms with Crippen LogP contribution in [0.25, 0.3) is 0 Å². The number of ether oxygens (including phenoxy) is 1. The Balaban J connectivity index is 2.16. The van der Waals surface area contributed by atoms with Gasteiger partial charge >= 0.3 is 0 Å². The number of H-pyrrole nitrogens is 1. The molecule has 1 N–H and O–H groups in total. The summed E-state index contributed by atoms with van der Waals surface area (Å²) in [6.07, 6.45) is 3.90. The van der Waals surface area contributed by atoms with Crippen molar-refractivity contribution in [1.82, 2.24) is 10.2 Å². The van der Waals surface area contributed by atoms with Crippen molar-refractivity contribution in [3.63, 3.8) is 0 Å². The van der Waals surface area contributed by atoms with Crippen molar-refractivity contribution in [2.75, 3.05) is 0 Å². The van der Waals surface area contributed by atoms with Gasteiger partial charge in [-0.05, 0) is 18.1 Å². The Morgan fingerprint density at radius 2 is 2.18 bits per heavy atom. The zero-order valence-corrected chi connectivity index (χ0v) is 9.59. The van der Waals surface area contributed by atoms with Crippen LogP contribution >= 0.6 is 0 Å². The van der Waals surface area contributed by atoms with Crippen molar-refractivity contribution in [3.05, 3.63) is 53.3 Å². The van der Waals surface area contributed by atoms with E-state index in [4.69, 9.17) is 4.74 Å². The van der Waals surface area contributed by atoms with Gasteiger partial charge in [0.05, 0.1) is 6.20 Å². The van der Waals surface area contributed by atoms with Crippen LogP contribution in [0.1, 0.15) is 22.8 Å². The second-order valence-electron chi connectivity index (χ2n) is 3.94. The number of aromatic nitrogens is 2. The summed E-state index contributed by atoms with van der Waals surface area (Å²) in [4.78, 5) is 10.5. The fourth-order valence-electron chi connectivity index (χ4n) is 1.70. The van der Waals surface area contributed by atoms with Crippen LogP contribution in [0, 0.1) is 6.92 Å². The molecule has 0 saturated carbocycles. The summed E-state index contributed by atoms with van der Waals surface area (Å²) in [7, 11) is 0. The Morgan fingerprint density at radius 3 is 2.76 bits per heavy atom. The third kappa shape index (κ3) is 2.93. The van der Waals surface area contributed by atoms with Crippen molar-refractivity contribution < 1.29 is 9.53 Å². The maximum Gasteiger partial charge on any atom is 0.293 e. The van der Waals surface area contributed by atoms with Gasteiger partial charge < -0.3 is 4.74 Å². The summed E-state index contributed by atoms with van der Waals surface area (Å²) in [5.41, 5.74) is 3.18. The smallest absolute Gasteiger partial charge is 0.293 e. The maximum absolute atomic E-state index is 10.5. The molecule has 0 aliphatic rings. The van der Waals surface area contributed by atoms with Crippen LogP contribution in [-0.4, -0.2) is 16.7 Å². The van der Waals surface area contributed by atoms with E-state index in [1.54, 1.807) is 12.4 Å². The molecule has 0 radical (unpaired) electrons. The predicted octanol–water partition coefficient (Wildman–Crippen LogP) is 2.17. The minimum atomic E-state index is -0.259. The molecule has 1 unspecified atom stereocenters. The van der Waals surface area contributed by atoms with E-state index in [9.17, 15) is 4.79 Å². The van der Waals surface area contributed by atoms with E-state index in [1.165, 1.54) is 5.56 Å². The molecule has 2 aromatic rings. The molecule has 17 heavy (non-hydrogen) atoms. The zero-order chi connectivity index (χ0) is 12.1. The molecule has 1 heterocycles. The van der Waals surface area contributed by atoms with Gasteiger partial charge in [0.1, 0.15) is 6.10 Å². The summed E-state index contributed by atoms with van der Waals surface area (Å²) < 4.78 is 5.12. The molecule has 0 aliphatic carbocycles. The molecule has 2 rings (SSSR count). The standard InChI is InChI=1S/C13H14N2O2/c1-10-2-4-12(5-3-10)13(17-9-16)6-11-7-14-15-8-11/h2-5,7-9,13H,6H2,1H3,(H,14,15). The summed E-state index contributed by atoms with van der Waals surface area (Å²) in [6, 6.07) is 7.96. The molecular formula is C13H14N2O2. The number of nitrogens with zero attached hydrogens (tertiary/aromatic N) is 1. The highest BCUT2D eigenvalue weighted by Gasteiger charge is 2.13. The van der Waals surface area contributed by atoms with E-state index < -0.39 is 0 Å². The molecule has 1 aromatic carbocycles. The monoisotopic (exact) mass is 230 g/mol. The lowest BCUT2D eigenvalue weighted by molar-refractivity contribution is -0.133. The molecule has 0 amide bonds. The lowest BCUT2D eigenvalue weighted by Gasteiger charge is -2.14. The average molecular weight is 230 g/mol. The van der Waals surface area contributed by atoms with E-state index in [1.807, 2.05) is 31.2 Å². The van der Waals surface area contributed by atoms with E-state index in [0.717, 1.165) is 11.1 Å². The summed E-state index contributed by atoms with van der Waals surface area (Å²) >= 11 is 0. The number of hydrogen-bond donors (Lipinski definition) is 1. The predicted molar refractivity (Wildman–Crippen MR) is 63.4 cm³/mol. The Labute approximate surface area is 99.6 Å². The number of nitrogens with one attached hydrogen (secondary N) is 1. The molecule has 0 fully saturated rings. The van der Waals surface area contributed by atoms with Crippen LogP contribution in [0.5, 0.6) is 0 Å². The first-order chi connectivity index (χ1) is 8.29. The molecule has 88 valence electrons. The molecule has 0 saturated heterocycles. The number of hydrogen-bond acceptors (Lipinski definition) is 3. The number of carbonyl (C=O) groups is 1. The second kappa shape index (κ2) is 5.30. The summed E-state index contributed by atoms with van der Waals surface area (Å²) in [6.45, 7) is 2.51. The topological polar surface area (TPSA) is 55.0 Å². The van der Waals surface area contributed by atoms with Crippen molar-refractivity contribution in [2.45, 2.75) is 19.4 Å². The summed E-state index contributed by atoms with van der Waals surface area (Å²) in [5, 5.41) is 6.62. The molecule has 4 nitrogen and oxygen atoms in total. The Kier molecular flexibility index (Phi) is 3.55. The highest BCUT2D eigenvalue weighted by molar-refractivity contribution is 5.39. The Hall–Kier alpha value is -2.10. The van der Waals surface area contributed by atoms with Gasteiger partial charge in [-0.15, -0.1) is 0 Å². The quantitative estimate of drug-likeness (QED) is 0.801. The largest absolute Gasteiger partial charge is 0.459 e. The molecule has 4 heteroatoms. The molecule has 0 spiro atoms. The average Bonchev–Trinajstić information content (AvgIpc) is 2.82. The first-order valence-corrected chi connectivity index (χ1v) is 5.43. The molecular weight excluding hydrogens is 216 g/mol. The molecule has 1 atom stereocenters. The minimum absolute atomic E-state index is 0.259. The summed E-state index contributed by atoms with van der Waals surface area (Å²) in [5.74, 6) is 0. The molecule has 1 aromatic heterocycles. The van der Waals surface area contributed by atoms with Crippen molar-refractivity contribution in [2.24, 2.45) is 0 Å². The fourth-order valence-corrected chi connectivity index (χ4v) is 1.70. The van der Waals surface area contributed by atoms with Crippen molar-refractivity contribution >= 4 is 6.47 Å². The normalized spacial score (nSPS) is 12.1. The third-order valence-corrected chi connectivity index (χ3v) is 2.64. The number of aromatic amines is 1. The second-order valence-corrected chi connectivity index (χ2v) is 3.94. The van der Waals surface area contributed by atoms with Crippen LogP contribution in [0.15, 0.2) is 36.7 Å². The van der Waals surface area contributed by atoms with Crippen LogP contribution in [0.4, 0.5) is 0 Å². The number of carbonyl (C=O) groups excluding carboxylic acids is 1. The maximum atomic E-state index is 10.5. The van der Waals surface area contributed by atoms with Gasteiger partial charge in [-0.1, -0.05) is 29.8 Å². The van der Waals surface area contributed by atoms with Crippen molar-refractivity contribution in [1.29, 1.82) is 0 Å². The lowest BCUT2D eigenvalue weighted by Crippen LogP contribution is -2.06. The molecule has 0 aliphatic heterocycles. The SMILES string of the molecule is Cc1ccc(C(Cc2cn[nH]c2)OC=O)cc1. The fraction of sp³-hybridized carbons (Fsp3) is 0.231. The van der Waals surface area contributed by atoms with Gasteiger partial charge in [-0.2, -0.15) is 5.10 Å². The van der Waals surface area contributed by atoms with Gasteiger partial charge in [0, 0.05) is 12.6 Å². The van der Waals surface area contributed by atoms with Crippen LogP contribution in [0.2, 0.25) is 0 Å². The van der Waals surface area contributed by atoms with Crippen LogP contribution < -0.4 is 0 Å². The van der Waals surface area contributed by atoms with E-state index >= 15 is 0 Å². The Morgan fingerprint density at radius 1 is 1.41 bits per heavy atom. The van der Waals surface area contributed by atoms with Crippen molar-refractivity contribution in [3.8, 4) is 0 Å². The van der Waals surface area contributed by atoms with E-state index in [0.29, 0.717) is 12.9 Å². The van der Waals surface area contributed by atoms with E-state index in [2.05, 4.69) is 10.2 Å². The van der Waals surface area contributed by atoms with Gasteiger partial charge in [0.15, 0.2) is 0 Å². The number of aryl methyl sites for hydroxylation is 1.